The summed E-state index contributed by atoms with van der Waals surface area (Å²) in [6.45, 7) is 3.06. The molecule has 1 atom stereocenters. The predicted molar refractivity (Wildman–Crippen MR) is 105 cm³/mol. The molecule has 1 unspecified atom stereocenters. The van der Waals surface area contributed by atoms with E-state index in [-0.39, 0.29) is 17.9 Å². The van der Waals surface area contributed by atoms with Crippen molar-refractivity contribution >= 4 is 11.8 Å². The maximum atomic E-state index is 12.7. The van der Waals surface area contributed by atoms with E-state index < -0.39 is 0 Å². The number of likely N-dealkylation sites (tertiary alicyclic amines) is 1. The van der Waals surface area contributed by atoms with Crippen LogP contribution in [0.3, 0.4) is 0 Å². The van der Waals surface area contributed by atoms with Gasteiger partial charge in [0.1, 0.15) is 5.75 Å². The van der Waals surface area contributed by atoms with Crippen LogP contribution < -0.4 is 10.1 Å². The highest BCUT2D eigenvalue weighted by molar-refractivity contribution is 5.94. The first-order valence-electron chi connectivity index (χ1n) is 9.37. The molecular weight excluding hydrogens is 340 g/mol. The number of benzene rings is 2. The third-order valence-corrected chi connectivity index (χ3v) is 4.98. The number of carbonyl (C=O) groups is 2. The number of carbonyl (C=O) groups excluding carboxylic acids is 2. The predicted octanol–water partition coefficient (Wildman–Crippen LogP) is 3.49. The summed E-state index contributed by atoms with van der Waals surface area (Å²) < 4.78 is 5.20. The number of hydrogen-bond donors (Lipinski definition) is 1. The Bertz CT molecular complexity index is 801. The summed E-state index contributed by atoms with van der Waals surface area (Å²) in [5.74, 6) is 0.756. The number of ether oxygens (including phenoxy) is 1. The molecule has 1 heterocycles. The topological polar surface area (TPSA) is 58.6 Å². The minimum atomic E-state index is -0.139. The van der Waals surface area contributed by atoms with E-state index in [9.17, 15) is 9.59 Å². The normalized spacial score (nSPS) is 16.2. The zero-order valence-electron chi connectivity index (χ0n) is 15.9. The lowest BCUT2D eigenvalue weighted by Gasteiger charge is -2.25. The molecule has 27 heavy (non-hydrogen) atoms. The Morgan fingerprint density at radius 3 is 2.67 bits per heavy atom. The highest BCUT2D eigenvalue weighted by atomic mass is 16.5. The fourth-order valence-corrected chi connectivity index (χ4v) is 3.55. The average Bonchev–Trinajstić information content (AvgIpc) is 3.18. The highest BCUT2D eigenvalue weighted by Crippen LogP contribution is 2.33. The monoisotopic (exact) mass is 366 g/mol. The largest absolute Gasteiger partial charge is 0.497 e. The van der Waals surface area contributed by atoms with Crippen LogP contribution in [0.2, 0.25) is 0 Å². The first kappa shape index (κ1) is 19.0. The van der Waals surface area contributed by atoms with Gasteiger partial charge in [0.25, 0.3) is 5.91 Å². The van der Waals surface area contributed by atoms with Crippen LogP contribution in [-0.2, 0) is 4.79 Å². The Morgan fingerprint density at radius 1 is 1.19 bits per heavy atom. The summed E-state index contributed by atoms with van der Waals surface area (Å²) in [7, 11) is 1.64. The Morgan fingerprint density at radius 2 is 1.96 bits per heavy atom. The molecule has 5 nitrogen and oxygen atoms in total. The Labute approximate surface area is 160 Å². The number of aryl methyl sites for hydroxylation is 1. The van der Waals surface area contributed by atoms with Crippen molar-refractivity contribution in [3.8, 4) is 5.75 Å². The van der Waals surface area contributed by atoms with E-state index >= 15 is 0 Å². The molecule has 0 bridgehead atoms. The van der Waals surface area contributed by atoms with Gasteiger partial charge in [0.15, 0.2) is 0 Å². The average molecular weight is 366 g/mol. The van der Waals surface area contributed by atoms with Crippen LogP contribution in [0.15, 0.2) is 48.5 Å². The van der Waals surface area contributed by atoms with Gasteiger partial charge in [0.05, 0.1) is 13.2 Å². The smallest absolute Gasteiger partial charge is 0.251 e. The van der Waals surface area contributed by atoms with Crippen molar-refractivity contribution in [2.24, 2.45) is 0 Å². The Kier molecular flexibility index (Phi) is 6.12. The summed E-state index contributed by atoms with van der Waals surface area (Å²) in [5, 5.41) is 2.85. The molecule has 1 saturated heterocycles. The van der Waals surface area contributed by atoms with Crippen molar-refractivity contribution in [3.05, 3.63) is 65.2 Å². The molecule has 2 aromatic carbocycles. The van der Waals surface area contributed by atoms with Gasteiger partial charge in [-0.2, -0.15) is 0 Å². The van der Waals surface area contributed by atoms with Crippen LogP contribution in [0.25, 0.3) is 0 Å². The van der Waals surface area contributed by atoms with Gasteiger partial charge >= 0.3 is 0 Å². The summed E-state index contributed by atoms with van der Waals surface area (Å²) in [6.07, 6.45) is 2.27. The third-order valence-electron chi connectivity index (χ3n) is 4.98. The van der Waals surface area contributed by atoms with Gasteiger partial charge in [0, 0.05) is 25.1 Å². The van der Waals surface area contributed by atoms with Crippen LogP contribution in [-0.4, -0.2) is 36.9 Å². The molecule has 0 radical (unpaired) electrons. The van der Waals surface area contributed by atoms with E-state index in [1.807, 2.05) is 54.3 Å². The third kappa shape index (κ3) is 4.67. The minimum Gasteiger partial charge on any atom is -0.497 e. The quantitative estimate of drug-likeness (QED) is 0.851. The number of amides is 2. The van der Waals surface area contributed by atoms with Crippen LogP contribution in [0.4, 0.5) is 0 Å². The lowest BCUT2D eigenvalue weighted by Crippen LogP contribution is -2.34. The van der Waals surface area contributed by atoms with Crippen LogP contribution in [0.5, 0.6) is 5.75 Å². The van der Waals surface area contributed by atoms with Crippen LogP contribution in [0.1, 0.15) is 46.8 Å². The van der Waals surface area contributed by atoms with Gasteiger partial charge in [-0.05, 0) is 49.6 Å². The van der Waals surface area contributed by atoms with Gasteiger partial charge in [0.2, 0.25) is 5.91 Å². The zero-order valence-corrected chi connectivity index (χ0v) is 15.9. The first-order valence-corrected chi connectivity index (χ1v) is 9.37. The lowest BCUT2D eigenvalue weighted by atomic mass is 10.0. The zero-order chi connectivity index (χ0) is 19.2. The van der Waals surface area contributed by atoms with Crippen molar-refractivity contribution in [1.29, 1.82) is 0 Å². The second-order valence-corrected chi connectivity index (χ2v) is 6.89. The van der Waals surface area contributed by atoms with Crippen molar-refractivity contribution in [3.63, 3.8) is 0 Å². The second kappa shape index (κ2) is 8.71. The van der Waals surface area contributed by atoms with Crippen LogP contribution >= 0.6 is 0 Å². The molecule has 0 saturated carbocycles. The Hall–Kier alpha value is -2.82. The van der Waals surface area contributed by atoms with Crippen LogP contribution in [0, 0.1) is 6.92 Å². The summed E-state index contributed by atoms with van der Waals surface area (Å²) >= 11 is 0. The fraction of sp³-hybridized carbons (Fsp3) is 0.364. The number of methoxy groups -OCH3 is 1. The molecule has 0 spiro atoms. The van der Waals surface area contributed by atoms with Crippen molar-refractivity contribution in [1.82, 2.24) is 10.2 Å². The van der Waals surface area contributed by atoms with E-state index in [0.717, 1.165) is 36.3 Å². The van der Waals surface area contributed by atoms with Gasteiger partial charge < -0.3 is 15.0 Å². The van der Waals surface area contributed by atoms with Crippen molar-refractivity contribution in [2.75, 3.05) is 20.2 Å². The number of nitrogens with one attached hydrogen (secondary N) is 1. The molecule has 0 aromatic heterocycles. The van der Waals surface area contributed by atoms with Crippen molar-refractivity contribution < 1.29 is 14.3 Å². The molecular formula is C22H26N2O3. The molecule has 1 aliphatic rings. The first-order chi connectivity index (χ1) is 13.1. The molecule has 142 valence electrons. The number of nitrogens with zero attached hydrogens (tertiary/aromatic N) is 1. The van der Waals surface area contributed by atoms with Gasteiger partial charge in [-0.25, -0.2) is 0 Å². The minimum absolute atomic E-state index is 0.0814. The standard InChI is InChI=1S/C22H26N2O3/c1-16-5-3-6-18(15-16)22(26)23-13-12-21(25)24-14-4-7-20(24)17-8-10-19(27-2)11-9-17/h3,5-6,8-11,15,20H,4,7,12-14H2,1-2H3,(H,23,26). The molecule has 1 N–H and O–H groups in total. The molecule has 1 fully saturated rings. The van der Waals surface area contributed by atoms with Gasteiger partial charge in [-0.1, -0.05) is 29.8 Å². The van der Waals surface area contributed by atoms with E-state index in [1.165, 1.54) is 0 Å². The molecule has 0 aliphatic carbocycles. The molecule has 2 aromatic rings. The Balaban J connectivity index is 1.54. The summed E-state index contributed by atoms with van der Waals surface area (Å²) in [6, 6.07) is 15.4. The highest BCUT2D eigenvalue weighted by Gasteiger charge is 2.29. The lowest BCUT2D eigenvalue weighted by molar-refractivity contribution is -0.132. The number of hydrogen-bond acceptors (Lipinski definition) is 3. The van der Waals surface area contributed by atoms with Crippen molar-refractivity contribution in [2.45, 2.75) is 32.2 Å². The second-order valence-electron chi connectivity index (χ2n) is 6.89. The number of rotatable bonds is 6. The van der Waals surface area contributed by atoms with E-state index in [4.69, 9.17) is 4.74 Å². The van der Waals surface area contributed by atoms with Gasteiger partial charge in [-0.15, -0.1) is 0 Å². The molecule has 5 heteroatoms. The fourth-order valence-electron chi connectivity index (χ4n) is 3.55. The maximum absolute atomic E-state index is 12.7. The molecule has 3 rings (SSSR count). The summed E-state index contributed by atoms with van der Waals surface area (Å²) in [4.78, 5) is 26.8. The molecule has 1 aliphatic heterocycles. The SMILES string of the molecule is COc1ccc(C2CCCN2C(=O)CCNC(=O)c2cccc(C)c2)cc1. The summed E-state index contributed by atoms with van der Waals surface area (Å²) in [5.41, 5.74) is 2.79. The maximum Gasteiger partial charge on any atom is 0.251 e. The van der Waals surface area contributed by atoms with E-state index in [0.29, 0.717) is 18.5 Å². The van der Waals surface area contributed by atoms with E-state index in [2.05, 4.69) is 5.32 Å². The molecule has 2 amide bonds. The van der Waals surface area contributed by atoms with Gasteiger partial charge in [-0.3, -0.25) is 9.59 Å². The van der Waals surface area contributed by atoms with E-state index in [1.54, 1.807) is 13.2 Å².